The number of ketones is 1. The fraction of sp³-hybridized carbons (Fsp3) is 0.263. The van der Waals surface area contributed by atoms with Crippen molar-refractivity contribution in [2.75, 3.05) is 0 Å². The van der Waals surface area contributed by atoms with E-state index in [1.54, 1.807) is 31.2 Å². The zero-order valence-corrected chi connectivity index (χ0v) is 15.3. The van der Waals surface area contributed by atoms with Crippen LogP contribution in [0.4, 0.5) is 11.4 Å². The van der Waals surface area contributed by atoms with Crippen molar-refractivity contribution in [3.05, 3.63) is 79.9 Å². The van der Waals surface area contributed by atoms with Gasteiger partial charge in [-0.05, 0) is 13.8 Å². The number of hydrogen-bond donors (Lipinski definition) is 1. The summed E-state index contributed by atoms with van der Waals surface area (Å²) in [5, 5.41) is 24.1. The van der Waals surface area contributed by atoms with Crippen LogP contribution < -0.4 is 5.32 Å². The highest BCUT2D eigenvalue weighted by Gasteiger charge is 2.39. The first-order valence-corrected chi connectivity index (χ1v) is 8.66. The maximum absolute atomic E-state index is 12.3. The van der Waals surface area contributed by atoms with Gasteiger partial charge in [-0.1, -0.05) is 24.3 Å². The Morgan fingerprint density at radius 2 is 1.54 bits per heavy atom. The minimum atomic E-state index is -0.531. The predicted octanol–water partition coefficient (Wildman–Crippen LogP) is 2.49. The molecule has 1 unspecified atom stereocenters. The van der Waals surface area contributed by atoms with E-state index in [9.17, 15) is 25.0 Å². The van der Waals surface area contributed by atoms with Crippen LogP contribution in [0, 0.1) is 26.1 Å². The van der Waals surface area contributed by atoms with Gasteiger partial charge in [0.25, 0.3) is 11.4 Å². The highest BCUT2D eigenvalue weighted by molar-refractivity contribution is 6.04. The van der Waals surface area contributed by atoms with Crippen LogP contribution in [0.5, 0.6) is 0 Å². The highest BCUT2D eigenvalue weighted by atomic mass is 16.6. The first-order chi connectivity index (χ1) is 13.3. The van der Waals surface area contributed by atoms with Gasteiger partial charge in [-0.25, -0.2) is 4.99 Å². The van der Waals surface area contributed by atoms with Crippen LogP contribution in [0.2, 0.25) is 0 Å². The molecule has 3 atom stereocenters. The van der Waals surface area contributed by atoms with Crippen LogP contribution in [-0.2, 0) is 4.79 Å². The van der Waals surface area contributed by atoms with Gasteiger partial charge in [0.05, 0.1) is 9.85 Å². The number of nitro benzene ring substituents is 2. The van der Waals surface area contributed by atoms with Crippen molar-refractivity contribution in [1.82, 2.24) is 0 Å². The number of rotatable bonds is 5. The molecule has 0 amide bonds. The van der Waals surface area contributed by atoms with Gasteiger partial charge in [0, 0.05) is 41.1 Å². The molecule has 0 aliphatic carbocycles. The standard InChI is InChI=1S/C19H18N4O5/c1-11-17(12(2)24)18(13-5-3-7-15(9-13)22(25)26)21-19(20-11)14-6-4-8-16(10-14)23(27)28/h3-10,17-19,21H,1-2H3/p+1/t17?,18-,19+/m1/s1. The quantitative estimate of drug-likeness (QED) is 0.625. The van der Waals surface area contributed by atoms with Gasteiger partial charge in [-0.2, -0.15) is 0 Å². The summed E-state index contributed by atoms with van der Waals surface area (Å²) in [4.78, 5) is 38.1. The Morgan fingerprint density at radius 3 is 2.07 bits per heavy atom. The van der Waals surface area contributed by atoms with Crippen molar-refractivity contribution in [2.45, 2.75) is 26.1 Å². The van der Waals surface area contributed by atoms with Gasteiger partial charge < -0.3 is 5.32 Å². The molecule has 0 aromatic heterocycles. The molecule has 9 nitrogen and oxygen atoms in total. The van der Waals surface area contributed by atoms with Crippen molar-refractivity contribution in [3.63, 3.8) is 0 Å². The SMILES string of the molecule is CC(=O)C1C(C)=N[C@H](c2cccc([N+](=O)[O-])c2)[NH2+][C@@H]1c1cccc([N+](=O)[O-])c1. The van der Waals surface area contributed by atoms with E-state index < -0.39 is 28.0 Å². The van der Waals surface area contributed by atoms with Crippen LogP contribution in [0.25, 0.3) is 0 Å². The van der Waals surface area contributed by atoms with Gasteiger partial charge in [0.2, 0.25) is 6.17 Å². The Hall–Kier alpha value is -3.46. The molecule has 1 aliphatic heterocycles. The van der Waals surface area contributed by atoms with Gasteiger partial charge in [0.15, 0.2) is 0 Å². The number of nitrogens with two attached hydrogens (primary N) is 1. The van der Waals surface area contributed by atoms with Gasteiger partial charge in [0.1, 0.15) is 17.7 Å². The summed E-state index contributed by atoms with van der Waals surface area (Å²) in [5.74, 6) is -0.622. The fourth-order valence-corrected chi connectivity index (χ4v) is 3.61. The summed E-state index contributed by atoms with van der Waals surface area (Å²) in [6.07, 6.45) is -0.486. The topological polar surface area (TPSA) is 132 Å². The lowest BCUT2D eigenvalue weighted by atomic mass is 9.84. The smallest absolute Gasteiger partial charge is 0.270 e. The van der Waals surface area contributed by atoms with E-state index in [0.717, 1.165) is 0 Å². The molecule has 1 heterocycles. The number of benzene rings is 2. The Kier molecular flexibility index (Phi) is 5.27. The molecule has 2 aromatic rings. The number of hydrogen-bond acceptors (Lipinski definition) is 6. The second kappa shape index (κ2) is 7.65. The summed E-state index contributed by atoms with van der Waals surface area (Å²) < 4.78 is 0. The van der Waals surface area contributed by atoms with E-state index in [1.165, 1.54) is 31.2 Å². The van der Waals surface area contributed by atoms with E-state index in [1.807, 2.05) is 5.32 Å². The number of nitrogens with zero attached hydrogens (tertiary/aromatic N) is 3. The second-order valence-corrected chi connectivity index (χ2v) is 6.73. The van der Waals surface area contributed by atoms with Crippen LogP contribution in [0.15, 0.2) is 53.5 Å². The van der Waals surface area contributed by atoms with Gasteiger partial charge >= 0.3 is 0 Å². The maximum atomic E-state index is 12.3. The number of Topliss-reactive ketones (excluding diaryl/α,β-unsaturated/α-hetero) is 1. The Bertz CT molecular complexity index is 988. The summed E-state index contributed by atoms with van der Waals surface area (Å²) >= 11 is 0. The highest BCUT2D eigenvalue weighted by Crippen LogP contribution is 2.30. The molecular formula is C19H19N4O5+. The van der Waals surface area contributed by atoms with E-state index >= 15 is 0 Å². The lowest BCUT2D eigenvalue weighted by molar-refractivity contribution is -0.738. The summed E-state index contributed by atoms with van der Waals surface area (Å²) in [6.45, 7) is 3.21. The monoisotopic (exact) mass is 383 g/mol. The van der Waals surface area contributed by atoms with Crippen LogP contribution in [0.3, 0.4) is 0 Å². The number of carbonyl (C=O) groups is 1. The largest absolute Gasteiger partial charge is 0.314 e. The number of carbonyl (C=O) groups excluding carboxylic acids is 1. The molecule has 0 fully saturated rings. The van der Waals surface area contributed by atoms with Crippen LogP contribution in [0.1, 0.15) is 37.2 Å². The third-order valence-corrected chi connectivity index (χ3v) is 4.87. The minimum Gasteiger partial charge on any atom is -0.314 e. The second-order valence-electron chi connectivity index (χ2n) is 6.73. The number of quaternary nitrogens is 1. The molecule has 0 spiro atoms. The van der Waals surface area contributed by atoms with E-state index in [4.69, 9.17) is 0 Å². The average molecular weight is 383 g/mol. The van der Waals surface area contributed by atoms with E-state index in [-0.39, 0.29) is 17.2 Å². The maximum Gasteiger partial charge on any atom is 0.270 e. The van der Waals surface area contributed by atoms with Crippen molar-refractivity contribution >= 4 is 22.9 Å². The lowest BCUT2D eigenvalue weighted by Crippen LogP contribution is -2.89. The molecule has 2 N–H and O–H groups in total. The predicted molar refractivity (Wildman–Crippen MR) is 101 cm³/mol. The Balaban J connectivity index is 2.05. The zero-order valence-electron chi connectivity index (χ0n) is 15.3. The Labute approximate surface area is 160 Å². The van der Waals surface area contributed by atoms with Crippen LogP contribution >= 0.6 is 0 Å². The molecule has 9 heteroatoms. The molecule has 144 valence electrons. The molecular weight excluding hydrogens is 364 g/mol. The first kappa shape index (κ1) is 19.3. The molecule has 1 aliphatic rings. The fourth-order valence-electron chi connectivity index (χ4n) is 3.61. The van der Waals surface area contributed by atoms with Crippen molar-refractivity contribution in [1.29, 1.82) is 0 Å². The molecule has 0 radical (unpaired) electrons. The van der Waals surface area contributed by atoms with Crippen molar-refractivity contribution in [3.8, 4) is 0 Å². The third-order valence-electron chi connectivity index (χ3n) is 4.87. The minimum absolute atomic E-state index is 0.0423. The molecule has 0 saturated heterocycles. The number of non-ortho nitro benzene ring substituents is 2. The Morgan fingerprint density at radius 1 is 1.00 bits per heavy atom. The molecule has 2 aromatic carbocycles. The van der Waals surface area contributed by atoms with Gasteiger partial charge in [-0.3, -0.25) is 25.0 Å². The number of aliphatic imine (C=N–C) groups is 1. The van der Waals surface area contributed by atoms with Crippen LogP contribution in [-0.4, -0.2) is 21.3 Å². The average Bonchev–Trinajstić information content (AvgIpc) is 2.67. The normalized spacial score (nSPS) is 21.6. The third kappa shape index (κ3) is 3.79. The summed E-state index contributed by atoms with van der Waals surface area (Å²) in [6, 6.07) is 12.0. The van der Waals surface area contributed by atoms with E-state index in [2.05, 4.69) is 4.99 Å². The molecule has 0 saturated carbocycles. The lowest BCUT2D eigenvalue weighted by Gasteiger charge is -2.31. The van der Waals surface area contributed by atoms with Crippen molar-refractivity contribution in [2.24, 2.45) is 10.9 Å². The van der Waals surface area contributed by atoms with Crippen molar-refractivity contribution < 1.29 is 20.0 Å². The van der Waals surface area contributed by atoms with E-state index in [0.29, 0.717) is 16.8 Å². The van der Waals surface area contributed by atoms with Gasteiger partial charge in [-0.15, -0.1) is 0 Å². The molecule has 0 bridgehead atoms. The molecule has 3 rings (SSSR count). The zero-order chi connectivity index (χ0) is 20.4. The number of nitro groups is 2. The summed E-state index contributed by atoms with van der Waals surface area (Å²) in [7, 11) is 0. The first-order valence-electron chi connectivity index (χ1n) is 8.66. The molecule has 28 heavy (non-hydrogen) atoms. The summed E-state index contributed by atoms with van der Waals surface area (Å²) in [5.41, 5.74) is 1.77.